The Labute approximate surface area is 166 Å². The van der Waals surface area contributed by atoms with E-state index in [1.165, 1.54) is 0 Å². The molecule has 28 heavy (non-hydrogen) atoms. The van der Waals surface area contributed by atoms with E-state index in [-0.39, 0.29) is 4.91 Å². The SMILES string of the molecule is COc1cc(OC)cc(-c2nc(S/C(=C\c3ccc(C)cc3)C(=O)O)n[nH]2)c1. The fraction of sp³-hybridized carbons (Fsp3) is 0.150. The number of rotatable bonds is 7. The lowest BCUT2D eigenvalue weighted by molar-refractivity contribution is -0.131. The zero-order valence-electron chi connectivity index (χ0n) is 15.6. The van der Waals surface area contributed by atoms with Gasteiger partial charge in [0, 0.05) is 11.6 Å². The number of methoxy groups -OCH3 is 2. The zero-order valence-corrected chi connectivity index (χ0v) is 16.4. The first kappa shape index (κ1) is 19.5. The molecule has 0 aliphatic carbocycles. The maximum absolute atomic E-state index is 11.6. The number of nitrogens with zero attached hydrogens (tertiary/aromatic N) is 2. The number of carboxylic acid groups (broad SMARTS) is 1. The first-order chi connectivity index (χ1) is 13.5. The number of carboxylic acids is 1. The van der Waals surface area contributed by atoms with Crippen molar-refractivity contribution in [2.24, 2.45) is 0 Å². The molecule has 0 saturated carbocycles. The molecule has 2 N–H and O–H groups in total. The summed E-state index contributed by atoms with van der Waals surface area (Å²) in [5.41, 5.74) is 2.62. The van der Waals surface area contributed by atoms with Crippen molar-refractivity contribution in [1.82, 2.24) is 15.2 Å². The van der Waals surface area contributed by atoms with E-state index in [1.54, 1.807) is 38.5 Å². The van der Waals surface area contributed by atoms with Crippen LogP contribution in [0, 0.1) is 6.92 Å². The average Bonchev–Trinajstić information content (AvgIpc) is 3.17. The second-order valence-corrected chi connectivity index (χ2v) is 6.90. The number of ether oxygens (including phenoxy) is 2. The monoisotopic (exact) mass is 397 g/mol. The molecule has 1 aromatic heterocycles. The number of thioether (sulfide) groups is 1. The molecule has 1 heterocycles. The molecule has 0 bridgehead atoms. The van der Waals surface area contributed by atoms with Gasteiger partial charge in [-0.05, 0) is 42.5 Å². The van der Waals surface area contributed by atoms with Gasteiger partial charge in [-0.25, -0.2) is 9.78 Å². The number of carbonyl (C=O) groups is 1. The number of aromatic amines is 1. The van der Waals surface area contributed by atoms with E-state index in [0.717, 1.165) is 28.5 Å². The van der Waals surface area contributed by atoms with Crippen LogP contribution >= 0.6 is 11.8 Å². The summed E-state index contributed by atoms with van der Waals surface area (Å²) in [5.74, 6) is 0.677. The summed E-state index contributed by atoms with van der Waals surface area (Å²) in [6.07, 6.45) is 1.59. The number of nitrogens with one attached hydrogen (secondary N) is 1. The van der Waals surface area contributed by atoms with Crippen molar-refractivity contribution in [3.05, 3.63) is 58.5 Å². The van der Waals surface area contributed by atoms with E-state index in [0.29, 0.717) is 22.5 Å². The Morgan fingerprint density at radius 2 is 1.75 bits per heavy atom. The van der Waals surface area contributed by atoms with Crippen molar-refractivity contribution in [1.29, 1.82) is 0 Å². The summed E-state index contributed by atoms with van der Waals surface area (Å²) in [7, 11) is 3.13. The molecular weight excluding hydrogens is 378 g/mol. The van der Waals surface area contributed by atoms with Crippen LogP contribution in [0.25, 0.3) is 17.5 Å². The highest BCUT2D eigenvalue weighted by Crippen LogP contribution is 2.31. The number of aromatic nitrogens is 3. The second kappa shape index (κ2) is 8.62. The molecule has 0 aliphatic rings. The summed E-state index contributed by atoms with van der Waals surface area (Å²) >= 11 is 0.977. The predicted molar refractivity (Wildman–Crippen MR) is 108 cm³/mol. The van der Waals surface area contributed by atoms with E-state index < -0.39 is 5.97 Å². The van der Waals surface area contributed by atoms with Gasteiger partial charge in [-0.3, -0.25) is 5.10 Å². The normalized spacial score (nSPS) is 11.3. The molecule has 7 nitrogen and oxygen atoms in total. The highest BCUT2D eigenvalue weighted by Gasteiger charge is 2.15. The Bertz CT molecular complexity index is 990. The highest BCUT2D eigenvalue weighted by molar-refractivity contribution is 8.04. The van der Waals surface area contributed by atoms with E-state index in [1.807, 2.05) is 31.2 Å². The second-order valence-electron chi connectivity index (χ2n) is 5.89. The summed E-state index contributed by atoms with van der Waals surface area (Å²) in [6, 6.07) is 12.9. The molecule has 0 spiro atoms. The summed E-state index contributed by atoms with van der Waals surface area (Å²) in [5, 5.41) is 16.8. The summed E-state index contributed by atoms with van der Waals surface area (Å²) < 4.78 is 10.5. The third-order valence-electron chi connectivity index (χ3n) is 3.88. The third kappa shape index (κ3) is 4.72. The van der Waals surface area contributed by atoms with Gasteiger partial charge in [-0.1, -0.05) is 29.8 Å². The van der Waals surface area contributed by atoms with Gasteiger partial charge < -0.3 is 14.6 Å². The number of hydrogen-bond donors (Lipinski definition) is 2. The van der Waals surface area contributed by atoms with E-state index in [9.17, 15) is 9.90 Å². The number of H-pyrrole nitrogens is 1. The maximum Gasteiger partial charge on any atom is 0.342 e. The molecule has 0 atom stereocenters. The molecule has 0 amide bonds. The van der Waals surface area contributed by atoms with Crippen molar-refractivity contribution < 1.29 is 19.4 Å². The minimum Gasteiger partial charge on any atom is -0.497 e. The maximum atomic E-state index is 11.6. The van der Waals surface area contributed by atoms with Gasteiger partial charge in [0.15, 0.2) is 5.82 Å². The van der Waals surface area contributed by atoms with Gasteiger partial charge in [0.1, 0.15) is 16.4 Å². The largest absolute Gasteiger partial charge is 0.497 e. The minimum atomic E-state index is -1.04. The van der Waals surface area contributed by atoms with Crippen molar-refractivity contribution in [2.45, 2.75) is 12.1 Å². The van der Waals surface area contributed by atoms with Crippen LogP contribution in [0.15, 0.2) is 52.5 Å². The Kier molecular flexibility index (Phi) is 6.00. The number of aryl methyl sites for hydroxylation is 1. The smallest absolute Gasteiger partial charge is 0.342 e. The summed E-state index contributed by atoms with van der Waals surface area (Å²) in [4.78, 5) is 16.1. The average molecular weight is 397 g/mol. The standard InChI is InChI=1S/C20H19N3O4S/c1-12-4-6-13(7-5-12)8-17(19(24)25)28-20-21-18(22-23-20)14-9-15(26-2)11-16(10-14)27-3/h4-11H,1-3H3,(H,24,25)(H,21,22,23)/b17-8-. The lowest BCUT2D eigenvalue weighted by Crippen LogP contribution is -1.97. The van der Waals surface area contributed by atoms with Gasteiger partial charge in [0.25, 0.3) is 0 Å². The van der Waals surface area contributed by atoms with Gasteiger partial charge in [0.05, 0.1) is 14.2 Å². The van der Waals surface area contributed by atoms with E-state index in [2.05, 4.69) is 15.2 Å². The first-order valence-electron chi connectivity index (χ1n) is 8.34. The van der Waals surface area contributed by atoms with Crippen molar-refractivity contribution >= 4 is 23.8 Å². The van der Waals surface area contributed by atoms with Gasteiger partial charge >= 0.3 is 5.97 Å². The Morgan fingerprint density at radius 1 is 1.11 bits per heavy atom. The van der Waals surface area contributed by atoms with Crippen LogP contribution in [0.1, 0.15) is 11.1 Å². The van der Waals surface area contributed by atoms with E-state index in [4.69, 9.17) is 9.47 Å². The van der Waals surface area contributed by atoms with Crippen LogP contribution in [-0.2, 0) is 4.79 Å². The molecular formula is C20H19N3O4S. The lowest BCUT2D eigenvalue weighted by atomic mass is 10.1. The topological polar surface area (TPSA) is 97.3 Å². The Hall–Kier alpha value is -3.26. The Balaban J connectivity index is 1.86. The fourth-order valence-corrected chi connectivity index (χ4v) is 3.12. The number of hydrogen-bond acceptors (Lipinski definition) is 6. The molecule has 0 fully saturated rings. The highest BCUT2D eigenvalue weighted by atomic mass is 32.2. The van der Waals surface area contributed by atoms with Gasteiger partial charge in [0.2, 0.25) is 5.16 Å². The van der Waals surface area contributed by atoms with Crippen molar-refractivity contribution in [2.75, 3.05) is 14.2 Å². The van der Waals surface area contributed by atoms with Crippen LogP contribution in [0.3, 0.4) is 0 Å². The van der Waals surface area contributed by atoms with Crippen LogP contribution in [0.2, 0.25) is 0 Å². The molecule has 144 valence electrons. The van der Waals surface area contributed by atoms with Crippen LogP contribution < -0.4 is 9.47 Å². The zero-order chi connectivity index (χ0) is 20.1. The molecule has 3 aromatic rings. The number of aliphatic carboxylic acids is 1. The molecule has 2 aromatic carbocycles. The molecule has 0 saturated heterocycles. The predicted octanol–water partition coefficient (Wildman–Crippen LogP) is 4.02. The van der Waals surface area contributed by atoms with Crippen LogP contribution in [-0.4, -0.2) is 40.5 Å². The fourth-order valence-electron chi connectivity index (χ4n) is 2.41. The lowest BCUT2D eigenvalue weighted by Gasteiger charge is -2.06. The number of benzene rings is 2. The van der Waals surface area contributed by atoms with Gasteiger partial charge in [-0.15, -0.1) is 5.10 Å². The molecule has 8 heteroatoms. The van der Waals surface area contributed by atoms with Crippen LogP contribution in [0.5, 0.6) is 11.5 Å². The van der Waals surface area contributed by atoms with Crippen molar-refractivity contribution in [3.8, 4) is 22.9 Å². The molecule has 0 aliphatic heterocycles. The molecule has 3 rings (SSSR count). The van der Waals surface area contributed by atoms with E-state index >= 15 is 0 Å². The molecule has 0 unspecified atom stereocenters. The quantitative estimate of drug-likeness (QED) is 0.459. The molecule has 0 radical (unpaired) electrons. The minimum absolute atomic E-state index is 0.123. The summed E-state index contributed by atoms with van der Waals surface area (Å²) in [6.45, 7) is 1.98. The van der Waals surface area contributed by atoms with Gasteiger partial charge in [-0.2, -0.15) is 0 Å². The van der Waals surface area contributed by atoms with Crippen LogP contribution in [0.4, 0.5) is 0 Å². The van der Waals surface area contributed by atoms with Crippen molar-refractivity contribution in [3.63, 3.8) is 0 Å². The third-order valence-corrected chi connectivity index (χ3v) is 4.75. The Morgan fingerprint density at radius 3 is 2.32 bits per heavy atom. The first-order valence-corrected chi connectivity index (χ1v) is 9.15.